The average Bonchev–Trinajstić information content (AvgIpc) is 2.95. The first kappa shape index (κ1) is 20.1. The van der Waals surface area contributed by atoms with Crippen molar-refractivity contribution >= 4 is 23.5 Å². The van der Waals surface area contributed by atoms with Crippen molar-refractivity contribution in [2.45, 2.75) is 24.9 Å². The van der Waals surface area contributed by atoms with Crippen molar-refractivity contribution in [3.63, 3.8) is 0 Å². The first-order valence-electron chi connectivity index (χ1n) is 9.63. The third kappa shape index (κ3) is 4.07. The van der Waals surface area contributed by atoms with E-state index in [0.717, 1.165) is 16.0 Å². The molecule has 0 atom stereocenters. The van der Waals surface area contributed by atoms with Crippen molar-refractivity contribution in [3.05, 3.63) is 106 Å². The molecule has 1 aliphatic heterocycles. The molecule has 4 rings (SSSR count). The smallest absolute Gasteiger partial charge is 0.322 e. The maximum Gasteiger partial charge on any atom is 0.325 e. The van der Waals surface area contributed by atoms with Gasteiger partial charge in [-0.3, -0.25) is 9.69 Å². The van der Waals surface area contributed by atoms with Crippen LogP contribution in [0, 0.1) is 5.82 Å². The molecule has 1 heterocycles. The molecule has 0 radical (unpaired) electrons. The SMILES string of the molecule is O=C1NC(Cc2ccccc2)(Cc2ccccc2)C(=O)N1Cc1ccc(F)cc1Cl. The van der Waals surface area contributed by atoms with Crippen molar-refractivity contribution in [1.29, 1.82) is 0 Å². The summed E-state index contributed by atoms with van der Waals surface area (Å²) < 4.78 is 13.4. The fourth-order valence-corrected chi connectivity index (χ4v) is 4.06. The number of hydrogen-bond donors (Lipinski definition) is 1. The number of carbonyl (C=O) groups is 2. The minimum atomic E-state index is -1.10. The van der Waals surface area contributed by atoms with Gasteiger partial charge in [-0.1, -0.05) is 78.3 Å². The van der Waals surface area contributed by atoms with Crippen LogP contribution in [-0.4, -0.2) is 22.4 Å². The number of carbonyl (C=O) groups excluding carboxylic acids is 2. The standard InChI is InChI=1S/C24H20ClFN2O2/c25-21-13-20(26)12-11-19(21)16-28-22(29)24(27-23(28)30,14-17-7-3-1-4-8-17)15-18-9-5-2-6-10-18/h1-13H,14-16H2,(H,27,30). The molecule has 1 saturated heterocycles. The number of amides is 3. The molecule has 1 fully saturated rings. The monoisotopic (exact) mass is 422 g/mol. The van der Waals surface area contributed by atoms with Gasteiger partial charge in [0.25, 0.3) is 5.91 Å². The van der Waals surface area contributed by atoms with E-state index >= 15 is 0 Å². The Morgan fingerprint density at radius 1 is 0.867 bits per heavy atom. The summed E-state index contributed by atoms with van der Waals surface area (Å²) in [6.07, 6.45) is 0.724. The zero-order chi connectivity index (χ0) is 21.1. The number of benzene rings is 3. The molecule has 0 aromatic heterocycles. The van der Waals surface area contributed by atoms with Crippen LogP contribution in [-0.2, 0) is 24.2 Å². The fourth-order valence-electron chi connectivity index (χ4n) is 3.83. The molecule has 30 heavy (non-hydrogen) atoms. The van der Waals surface area contributed by atoms with Gasteiger partial charge in [0.05, 0.1) is 6.54 Å². The Labute approximate surface area is 179 Å². The Kier molecular flexibility index (Phi) is 5.55. The van der Waals surface area contributed by atoms with E-state index in [0.29, 0.717) is 18.4 Å². The van der Waals surface area contributed by atoms with E-state index in [1.807, 2.05) is 60.7 Å². The van der Waals surface area contributed by atoms with E-state index in [1.54, 1.807) is 0 Å². The lowest BCUT2D eigenvalue weighted by Crippen LogP contribution is -2.51. The van der Waals surface area contributed by atoms with Crippen molar-refractivity contribution in [2.75, 3.05) is 0 Å². The minimum Gasteiger partial charge on any atom is -0.322 e. The van der Waals surface area contributed by atoms with Crippen LogP contribution < -0.4 is 5.32 Å². The second-order valence-corrected chi connectivity index (χ2v) is 7.87. The van der Waals surface area contributed by atoms with Gasteiger partial charge in [-0.25, -0.2) is 9.18 Å². The highest BCUT2D eigenvalue weighted by Crippen LogP contribution is 2.29. The van der Waals surface area contributed by atoms with Crippen molar-refractivity contribution in [3.8, 4) is 0 Å². The van der Waals surface area contributed by atoms with E-state index in [4.69, 9.17) is 11.6 Å². The van der Waals surface area contributed by atoms with Gasteiger partial charge in [-0.05, 0) is 28.8 Å². The lowest BCUT2D eigenvalue weighted by Gasteiger charge is -2.27. The molecule has 152 valence electrons. The van der Waals surface area contributed by atoms with Gasteiger partial charge < -0.3 is 5.32 Å². The number of halogens is 2. The number of hydrogen-bond acceptors (Lipinski definition) is 2. The summed E-state index contributed by atoms with van der Waals surface area (Å²) in [5, 5.41) is 3.12. The Balaban J connectivity index is 1.67. The van der Waals surface area contributed by atoms with E-state index in [9.17, 15) is 14.0 Å². The molecule has 0 saturated carbocycles. The summed E-state index contributed by atoms with van der Waals surface area (Å²) in [4.78, 5) is 27.6. The average molecular weight is 423 g/mol. The molecule has 3 aromatic carbocycles. The van der Waals surface area contributed by atoms with E-state index in [1.165, 1.54) is 18.2 Å². The summed E-state index contributed by atoms with van der Waals surface area (Å²) in [5.41, 5.74) is 1.30. The zero-order valence-corrected chi connectivity index (χ0v) is 16.9. The minimum absolute atomic E-state index is 0.0187. The van der Waals surface area contributed by atoms with Crippen molar-refractivity contribution in [2.24, 2.45) is 0 Å². The van der Waals surface area contributed by atoms with Crippen LogP contribution in [0.4, 0.5) is 9.18 Å². The third-order valence-electron chi connectivity index (χ3n) is 5.29. The Bertz CT molecular complexity index is 1030. The largest absolute Gasteiger partial charge is 0.325 e. The molecule has 4 nitrogen and oxygen atoms in total. The number of urea groups is 1. The van der Waals surface area contributed by atoms with Gasteiger partial charge in [0.2, 0.25) is 0 Å². The third-order valence-corrected chi connectivity index (χ3v) is 5.64. The first-order valence-corrected chi connectivity index (χ1v) is 10.0. The van der Waals surface area contributed by atoms with Gasteiger partial charge in [0, 0.05) is 17.9 Å². The van der Waals surface area contributed by atoms with Crippen LogP contribution in [0.5, 0.6) is 0 Å². The molecule has 3 aromatic rings. The second-order valence-electron chi connectivity index (χ2n) is 7.46. The van der Waals surface area contributed by atoms with Gasteiger partial charge in [-0.15, -0.1) is 0 Å². The molecule has 1 aliphatic rings. The van der Waals surface area contributed by atoms with Crippen LogP contribution in [0.1, 0.15) is 16.7 Å². The molecule has 6 heteroatoms. The van der Waals surface area contributed by atoms with E-state index < -0.39 is 17.4 Å². The van der Waals surface area contributed by atoms with Gasteiger partial charge in [0.1, 0.15) is 11.4 Å². The fraction of sp³-hybridized carbons (Fsp3) is 0.167. The number of imide groups is 1. The van der Waals surface area contributed by atoms with Crippen LogP contribution in [0.3, 0.4) is 0 Å². The summed E-state index contributed by atoms with van der Waals surface area (Å²) in [5.74, 6) is -0.788. The highest BCUT2D eigenvalue weighted by atomic mass is 35.5. The number of nitrogens with zero attached hydrogens (tertiary/aromatic N) is 1. The predicted octanol–water partition coefficient (Wildman–Crippen LogP) is 4.76. The molecule has 3 amide bonds. The first-order chi connectivity index (χ1) is 14.5. The van der Waals surface area contributed by atoms with Crippen LogP contribution >= 0.6 is 11.6 Å². The molecule has 0 spiro atoms. The highest BCUT2D eigenvalue weighted by molar-refractivity contribution is 6.31. The summed E-state index contributed by atoms with van der Waals surface area (Å²) >= 11 is 6.12. The normalized spacial score (nSPS) is 15.3. The summed E-state index contributed by atoms with van der Waals surface area (Å²) in [6, 6.07) is 22.6. The molecule has 1 N–H and O–H groups in total. The van der Waals surface area contributed by atoms with E-state index in [2.05, 4.69) is 5.32 Å². The topological polar surface area (TPSA) is 49.4 Å². The lowest BCUT2D eigenvalue weighted by atomic mass is 9.84. The maximum absolute atomic E-state index is 13.6. The van der Waals surface area contributed by atoms with Crippen LogP contribution in [0.2, 0.25) is 5.02 Å². The Morgan fingerprint density at radius 2 is 1.43 bits per heavy atom. The molecular formula is C24H20ClFN2O2. The number of rotatable bonds is 6. The summed E-state index contributed by atoms with van der Waals surface area (Å²) in [6.45, 7) is -0.0187. The van der Waals surface area contributed by atoms with Gasteiger partial charge in [0.15, 0.2) is 0 Å². The van der Waals surface area contributed by atoms with Crippen LogP contribution in [0.25, 0.3) is 0 Å². The Morgan fingerprint density at radius 3 is 1.97 bits per heavy atom. The maximum atomic E-state index is 13.6. The summed E-state index contributed by atoms with van der Waals surface area (Å²) in [7, 11) is 0. The van der Waals surface area contributed by atoms with Crippen molar-refractivity contribution < 1.29 is 14.0 Å². The molecule has 0 unspecified atom stereocenters. The molecule has 0 bridgehead atoms. The quantitative estimate of drug-likeness (QED) is 0.582. The zero-order valence-electron chi connectivity index (χ0n) is 16.1. The Hall–Kier alpha value is -3.18. The predicted molar refractivity (Wildman–Crippen MR) is 114 cm³/mol. The van der Waals surface area contributed by atoms with Crippen LogP contribution in [0.15, 0.2) is 78.9 Å². The van der Waals surface area contributed by atoms with Gasteiger partial charge in [-0.2, -0.15) is 0 Å². The lowest BCUT2D eigenvalue weighted by molar-refractivity contribution is -0.131. The second kappa shape index (κ2) is 8.28. The number of nitrogens with one attached hydrogen (secondary N) is 1. The van der Waals surface area contributed by atoms with Gasteiger partial charge >= 0.3 is 6.03 Å². The van der Waals surface area contributed by atoms with E-state index in [-0.39, 0.29) is 17.5 Å². The highest BCUT2D eigenvalue weighted by Gasteiger charge is 2.51. The van der Waals surface area contributed by atoms with Crippen molar-refractivity contribution in [1.82, 2.24) is 10.2 Å². The molecule has 0 aliphatic carbocycles. The molecular weight excluding hydrogens is 403 g/mol.